The molecule has 132 valence electrons. The minimum Gasteiger partial charge on any atom is -0.435 e. The zero-order valence-electron chi connectivity index (χ0n) is 14.2. The lowest BCUT2D eigenvalue weighted by molar-refractivity contribution is -0.792. The highest BCUT2D eigenvalue weighted by molar-refractivity contribution is 7.99. The molecule has 4 atom stereocenters. The number of benzene rings is 1. The second-order valence-corrected chi connectivity index (χ2v) is 8.52. The molecule has 0 aliphatic carbocycles. The number of carboxylic acid groups (broad SMARTS) is 1. The molecule has 0 bridgehead atoms. The summed E-state index contributed by atoms with van der Waals surface area (Å²) >= 11 is 6.13. The van der Waals surface area contributed by atoms with Gasteiger partial charge in [-0.25, -0.2) is 4.79 Å². The zero-order chi connectivity index (χ0) is 17.7. The van der Waals surface area contributed by atoms with Crippen molar-refractivity contribution in [1.29, 1.82) is 0 Å². The molecule has 1 aliphatic rings. The lowest BCUT2D eigenvalue weighted by atomic mass is 10.1. The minimum atomic E-state index is -1.02. The molecule has 1 unspecified atom stereocenters. The van der Waals surface area contributed by atoms with Crippen molar-refractivity contribution in [1.82, 2.24) is 0 Å². The summed E-state index contributed by atoms with van der Waals surface area (Å²) in [4.78, 5) is 24.7. The van der Waals surface area contributed by atoms with Crippen molar-refractivity contribution >= 4 is 36.4 Å². The average molecular weight is 369 g/mol. The van der Waals surface area contributed by atoms with Crippen molar-refractivity contribution in [3.05, 3.63) is 35.9 Å². The maximum absolute atomic E-state index is 12.7. The maximum atomic E-state index is 12.7. The number of thiol groups is 1. The molecule has 0 spiro atoms. The van der Waals surface area contributed by atoms with Crippen molar-refractivity contribution in [2.45, 2.75) is 55.4 Å². The smallest absolute Gasteiger partial charge is 0.435 e. The van der Waals surface area contributed by atoms with E-state index in [2.05, 4.69) is 24.8 Å². The van der Waals surface area contributed by atoms with Gasteiger partial charge >= 0.3 is 12.0 Å². The summed E-state index contributed by atoms with van der Waals surface area (Å²) in [5, 5.41) is 9.92. The maximum Gasteiger partial charge on any atom is 0.521 e. The lowest BCUT2D eigenvalue weighted by Gasteiger charge is -2.30. The lowest BCUT2D eigenvalue weighted by Crippen LogP contribution is -2.59. The molecule has 0 saturated carbocycles. The molecule has 2 amide bonds. The Labute approximate surface area is 153 Å². The van der Waals surface area contributed by atoms with Gasteiger partial charge in [-0.1, -0.05) is 37.3 Å². The van der Waals surface area contributed by atoms with E-state index in [0.717, 1.165) is 18.6 Å². The predicted molar refractivity (Wildman–Crippen MR) is 101 cm³/mol. The molecule has 2 rings (SSSR count). The topological polar surface area (TPSA) is 54.4 Å². The molecular formula is C18H26NO3S2+. The molecule has 6 heteroatoms. The van der Waals surface area contributed by atoms with Gasteiger partial charge in [0.1, 0.15) is 12.6 Å². The van der Waals surface area contributed by atoms with E-state index >= 15 is 0 Å². The molecule has 1 aromatic rings. The number of hydrogen-bond donors (Lipinski definition) is 2. The van der Waals surface area contributed by atoms with Crippen molar-refractivity contribution < 1.29 is 19.2 Å². The quantitative estimate of drug-likeness (QED) is 0.584. The van der Waals surface area contributed by atoms with Gasteiger partial charge in [0, 0.05) is 17.4 Å². The summed E-state index contributed by atoms with van der Waals surface area (Å²) in [6.07, 6.45) is 0.701. The number of rotatable bonds is 6. The highest BCUT2D eigenvalue weighted by Crippen LogP contribution is 2.37. The minimum absolute atomic E-state index is 0.0740. The summed E-state index contributed by atoms with van der Waals surface area (Å²) in [5.41, 5.74) is 1.23. The van der Waals surface area contributed by atoms with Crippen molar-refractivity contribution in [2.75, 3.05) is 6.54 Å². The fraction of sp³-hybridized carbons (Fsp3) is 0.556. The van der Waals surface area contributed by atoms with E-state index in [9.17, 15) is 14.7 Å². The summed E-state index contributed by atoms with van der Waals surface area (Å²) in [6.45, 7) is 4.22. The van der Waals surface area contributed by atoms with Gasteiger partial charge in [-0.2, -0.15) is 21.9 Å². The Hall–Kier alpha value is -0.980. The van der Waals surface area contributed by atoms with E-state index in [0.29, 0.717) is 6.54 Å². The SMILES string of the molecule is CCC(S)CC(=O)[N@@+]1(C(=O)O)C[C@H](SCc2ccccc2)C[C@H]1C. The van der Waals surface area contributed by atoms with Gasteiger partial charge in [0.2, 0.25) is 0 Å². The van der Waals surface area contributed by atoms with Gasteiger partial charge in [-0.05, 0) is 18.9 Å². The summed E-state index contributed by atoms with van der Waals surface area (Å²) < 4.78 is -0.441. The van der Waals surface area contributed by atoms with Crippen LogP contribution in [0.15, 0.2) is 30.3 Å². The molecular weight excluding hydrogens is 342 g/mol. The first-order chi connectivity index (χ1) is 11.4. The number of thioether (sulfide) groups is 1. The molecule has 1 fully saturated rings. The van der Waals surface area contributed by atoms with E-state index in [1.807, 2.05) is 32.0 Å². The molecule has 1 N–H and O–H groups in total. The fourth-order valence-electron chi connectivity index (χ4n) is 3.27. The van der Waals surface area contributed by atoms with E-state index in [4.69, 9.17) is 0 Å². The first kappa shape index (κ1) is 19.3. The van der Waals surface area contributed by atoms with E-state index in [-0.39, 0.29) is 28.9 Å². The normalized spacial score (nSPS) is 27.8. The predicted octanol–water partition coefficient (Wildman–Crippen LogP) is 4.20. The number of imide groups is 1. The Morgan fingerprint density at radius 3 is 2.62 bits per heavy atom. The van der Waals surface area contributed by atoms with E-state index < -0.39 is 10.6 Å². The van der Waals surface area contributed by atoms with Crippen molar-refractivity contribution in [3.63, 3.8) is 0 Å². The van der Waals surface area contributed by atoms with Crippen LogP contribution in [0.3, 0.4) is 0 Å². The molecule has 4 nitrogen and oxygen atoms in total. The van der Waals surface area contributed by atoms with Crippen molar-refractivity contribution in [3.8, 4) is 0 Å². The molecule has 0 aromatic heterocycles. The van der Waals surface area contributed by atoms with Crippen LogP contribution < -0.4 is 0 Å². The second kappa shape index (κ2) is 8.41. The van der Waals surface area contributed by atoms with Gasteiger partial charge < -0.3 is 5.11 Å². The highest BCUT2D eigenvalue weighted by Gasteiger charge is 2.56. The highest BCUT2D eigenvalue weighted by atomic mass is 32.2. The van der Waals surface area contributed by atoms with Gasteiger partial charge in [-0.15, -0.1) is 11.8 Å². The third-order valence-corrected chi connectivity index (χ3v) is 6.71. The van der Waals surface area contributed by atoms with Gasteiger partial charge in [-0.3, -0.25) is 0 Å². The van der Waals surface area contributed by atoms with Crippen LogP contribution in [0.2, 0.25) is 0 Å². The van der Waals surface area contributed by atoms with E-state index in [1.165, 1.54) is 5.56 Å². The Morgan fingerprint density at radius 1 is 1.38 bits per heavy atom. The molecule has 1 aliphatic heterocycles. The number of nitrogens with zero attached hydrogens (tertiary/aromatic N) is 1. The monoisotopic (exact) mass is 368 g/mol. The number of carbonyl (C=O) groups is 2. The molecule has 1 saturated heterocycles. The van der Waals surface area contributed by atoms with Crippen LogP contribution in [0.4, 0.5) is 4.79 Å². The van der Waals surface area contributed by atoms with Crippen LogP contribution in [-0.4, -0.2) is 44.7 Å². The Morgan fingerprint density at radius 2 is 2.04 bits per heavy atom. The standard InChI is InChI=1S/C18H25NO3S2/c1-3-15(23)10-17(20)19(18(21)22)11-16(9-13(19)2)24-12-14-7-5-4-6-8-14/h4-8,13,15-16H,3,9-12H2,1-2H3,(H-,21,22,23)/p+1/t13-,15?,16-,19-/m1/s1. The molecule has 24 heavy (non-hydrogen) atoms. The summed E-state index contributed by atoms with van der Waals surface area (Å²) in [7, 11) is 0. The Kier molecular flexibility index (Phi) is 6.78. The number of hydrogen-bond acceptors (Lipinski definition) is 4. The third-order valence-electron chi connectivity index (χ3n) is 4.84. The Bertz CT molecular complexity index is 581. The average Bonchev–Trinajstić information content (AvgIpc) is 2.91. The van der Waals surface area contributed by atoms with E-state index in [1.54, 1.807) is 11.8 Å². The molecule has 0 radical (unpaired) electrons. The second-order valence-electron chi connectivity index (χ2n) is 6.50. The third kappa shape index (κ3) is 4.16. The first-order valence-corrected chi connectivity index (χ1v) is 9.94. The van der Waals surface area contributed by atoms with Crippen molar-refractivity contribution in [2.24, 2.45) is 0 Å². The number of carbonyl (C=O) groups excluding carboxylic acids is 1. The Balaban J connectivity index is 2.07. The summed E-state index contributed by atoms with van der Waals surface area (Å²) in [6, 6.07) is 9.95. The van der Waals surface area contributed by atoms with Gasteiger partial charge in [0.15, 0.2) is 0 Å². The van der Waals surface area contributed by atoms with Crippen LogP contribution in [0.25, 0.3) is 0 Å². The van der Waals surface area contributed by atoms with Crippen LogP contribution in [0, 0.1) is 0 Å². The fourth-order valence-corrected chi connectivity index (χ4v) is 4.81. The summed E-state index contributed by atoms with van der Waals surface area (Å²) in [5.74, 6) is 0.635. The molecule has 1 aromatic carbocycles. The zero-order valence-corrected chi connectivity index (χ0v) is 15.9. The molecule has 1 heterocycles. The van der Waals surface area contributed by atoms with Gasteiger partial charge in [0.25, 0.3) is 0 Å². The number of likely N-dealkylation sites (tertiary alicyclic amines) is 1. The van der Waals surface area contributed by atoms with Gasteiger partial charge in [0.05, 0.1) is 11.7 Å². The van der Waals surface area contributed by atoms with Crippen LogP contribution in [0.5, 0.6) is 0 Å². The number of amides is 2. The number of quaternary nitrogens is 1. The van der Waals surface area contributed by atoms with Crippen LogP contribution in [-0.2, 0) is 10.5 Å². The first-order valence-electron chi connectivity index (χ1n) is 8.38. The van der Waals surface area contributed by atoms with Crippen LogP contribution >= 0.6 is 24.4 Å². The van der Waals surface area contributed by atoms with Crippen LogP contribution in [0.1, 0.15) is 38.7 Å². The largest absolute Gasteiger partial charge is 0.521 e.